The van der Waals surface area contributed by atoms with Gasteiger partial charge in [-0.1, -0.05) is 0 Å². The van der Waals surface area contributed by atoms with Gasteiger partial charge in [-0.3, -0.25) is 9.89 Å². The van der Waals surface area contributed by atoms with Gasteiger partial charge in [0.2, 0.25) is 10.0 Å². The Balaban J connectivity index is 0.00000729. The monoisotopic (exact) mass is 543 g/mol. The number of alkyl halides is 3. The van der Waals surface area contributed by atoms with Crippen LogP contribution in [0.2, 0.25) is 0 Å². The molecule has 12 heteroatoms. The van der Waals surface area contributed by atoms with Gasteiger partial charge in [0.1, 0.15) is 0 Å². The number of nitrogens with one attached hydrogen (secondary N) is 3. The Morgan fingerprint density at radius 3 is 2.21 bits per heavy atom. The lowest BCUT2D eigenvalue weighted by molar-refractivity contribution is -0.148. The van der Waals surface area contributed by atoms with Crippen molar-refractivity contribution >= 4 is 40.0 Å². The van der Waals surface area contributed by atoms with Gasteiger partial charge in [0.15, 0.2) is 5.96 Å². The number of halogens is 4. The molecule has 0 spiro atoms. The summed E-state index contributed by atoms with van der Waals surface area (Å²) in [6, 6.07) is 0. The van der Waals surface area contributed by atoms with Crippen LogP contribution in [0.25, 0.3) is 0 Å². The number of hydrogen-bond donors (Lipinski definition) is 3. The SMILES string of the molecule is CN=C(NCCC1CCN(CC(F)(F)F)CC1)NCC(C)(C)NS(C)(=O)=O.I. The average molecular weight is 543 g/mol. The molecule has 0 unspecified atom stereocenters. The number of nitrogens with zero attached hydrogens (tertiary/aromatic N) is 2. The summed E-state index contributed by atoms with van der Waals surface area (Å²) in [5, 5.41) is 6.25. The molecule has 0 aromatic carbocycles. The van der Waals surface area contributed by atoms with E-state index >= 15 is 0 Å². The van der Waals surface area contributed by atoms with E-state index in [9.17, 15) is 21.6 Å². The topological polar surface area (TPSA) is 85.8 Å². The molecule has 168 valence electrons. The minimum atomic E-state index is -4.13. The third-order valence-electron chi connectivity index (χ3n) is 4.34. The minimum absolute atomic E-state index is 0. The first-order chi connectivity index (χ1) is 12.3. The molecule has 0 aromatic heterocycles. The van der Waals surface area contributed by atoms with E-state index in [1.807, 2.05) is 0 Å². The van der Waals surface area contributed by atoms with Crippen molar-refractivity contribution in [3.05, 3.63) is 0 Å². The molecule has 0 amide bonds. The van der Waals surface area contributed by atoms with Crippen LogP contribution in [0, 0.1) is 5.92 Å². The second kappa shape index (κ2) is 11.7. The molecule has 1 aliphatic heterocycles. The summed E-state index contributed by atoms with van der Waals surface area (Å²) in [6.45, 7) is 4.67. The molecule has 0 aliphatic carbocycles. The predicted molar refractivity (Wildman–Crippen MR) is 117 cm³/mol. The largest absolute Gasteiger partial charge is 0.401 e. The van der Waals surface area contributed by atoms with Crippen molar-refractivity contribution in [1.82, 2.24) is 20.3 Å². The van der Waals surface area contributed by atoms with Crippen LogP contribution in [0.15, 0.2) is 4.99 Å². The molecule has 1 heterocycles. The van der Waals surface area contributed by atoms with E-state index in [2.05, 4.69) is 20.3 Å². The van der Waals surface area contributed by atoms with E-state index in [1.54, 1.807) is 20.9 Å². The fourth-order valence-corrected chi connectivity index (χ4v) is 4.22. The van der Waals surface area contributed by atoms with Crippen LogP contribution in [0.4, 0.5) is 13.2 Å². The van der Waals surface area contributed by atoms with Crippen molar-refractivity contribution in [3.63, 3.8) is 0 Å². The van der Waals surface area contributed by atoms with Gasteiger partial charge >= 0.3 is 6.18 Å². The summed E-state index contributed by atoms with van der Waals surface area (Å²) in [4.78, 5) is 5.57. The third-order valence-corrected chi connectivity index (χ3v) is 5.26. The molecule has 7 nitrogen and oxygen atoms in total. The molecule has 28 heavy (non-hydrogen) atoms. The highest BCUT2D eigenvalue weighted by Crippen LogP contribution is 2.23. The molecule has 1 aliphatic rings. The summed E-state index contributed by atoms with van der Waals surface area (Å²) >= 11 is 0. The van der Waals surface area contributed by atoms with Crippen LogP contribution in [-0.4, -0.2) is 77.0 Å². The fraction of sp³-hybridized carbons (Fsp3) is 0.938. The van der Waals surface area contributed by atoms with Gasteiger partial charge in [-0.05, 0) is 52.1 Å². The van der Waals surface area contributed by atoms with E-state index in [-0.39, 0.29) is 24.0 Å². The summed E-state index contributed by atoms with van der Waals surface area (Å²) in [5.41, 5.74) is -0.670. The molecule has 0 bridgehead atoms. The molecule has 1 fully saturated rings. The van der Waals surface area contributed by atoms with E-state index in [0.717, 1.165) is 25.5 Å². The van der Waals surface area contributed by atoms with Gasteiger partial charge < -0.3 is 10.6 Å². The first kappa shape index (κ1) is 27.7. The van der Waals surface area contributed by atoms with Crippen molar-refractivity contribution in [3.8, 4) is 0 Å². The van der Waals surface area contributed by atoms with Gasteiger partial charge in [-0.2, -0.15) is 13.2 Å². The molecule has 1 saturated heterocycles. The van der Waals surface area contributed by atoms with E-state index in [4.69, 9.17) is 0 Å². The standard InChI is InChI=1S/C16H32F3N5O2S.HI/c1-15(2,23-27(4,25)26)11-22-14(20-3)21-8-5-13-6-9-24(10-7-13)12-16(17,18)19;/h13,23H,5-12H2,1-4H3,(H2,20,21,22);1H. The normalized spacial score (nSPS) is 17.9. The molecule has 0 radical (unpaired) electrons. The number of guanidine groups is 1. The first-order valence-electron chi connectivity index (χ1n) is 9.02. The number of piperidine rings is 1. The number of likely N-dealkylation sites (tertiary alicyclic amines) is 1. The van der Waals surface area contributed by atoms with Gasteiger partial charge in [-0.25, -0.2) is 13.1 Å². The highest BCUT2D eigenvalue weighted by atomic mass is 127. The lowest BCUT2D eigenvalue weighted by Crippen LogP contribution is -2.53. The average Bonchev–Trinajstić information content (AvgIpc) is 2.48. The van der Waals surface area contributed by atoms with E-state index < -0.39 is 28.3 Å². The Kier molecular flexibility index (Phi) is 11.6. The Bertz CT molecular complexity index is 592. The summed E-state index contributed by atoms with van der Waals surface area (Å²) < 4.78 is 62.5. The smallest absolute Gasteiger partial charge is 0.356 e. The van der Waals surface area contributed by atoms with Crippen molar-refractivity contribution in [2.45, 2.75) is 44.8 Å². The lowest BCUT2D eigenvalue weighted by atomic mass is 9.93. The zero-order chi connectivity index (χ0) is 20.7. The molecule has 1 rings (SSSR count). The Labute approximate surface area is 183 Å². The Morgan fingerprint density at radius 1 is 1.18 bits per heavy atom. The minimum Gasteiger partial charge on any atom is -0.356 e. The summed E-state index contributed by atoms with van der Waals surface area (Å²) in [7, 11) is -1.68. The van der Waals surface area contributed by atoms with Crippen LogP contribution in [0.5, 0.6) is 0 Å². The van der Waals surface area contributed by atoms with Crippen molar-refractivity contribution < 1.29 is 21.6 Å². The van der Waals surface area contributed by atoms with Crippen LogP contribution in [0.1, 0.15) is 33.1 Å². The van der Waals surface area contributed by atoms with Gasteiger partial charge in [0.25, 0.3) is 0 Å². The molecular formula is C16H33F3IN5O2S. The second-order valence-corrected chi connectivity index (χ2v) is 9.48. The zero-order valence-corrected chi connectivity index (χ0v) is 20.0. The van der Waals surface area contributed by atoms with Gasteiger partial charge in [0.05, 0.1) is 12.8 Å². The highest BCUT2D eigenvalue weighted by molar-refractivity contribution is 14.0. The number of rotatable bonds is 8. The maximum atomic E-state index is 12.4. The molecule has 0 atom stereocenters. The van der Waals surface area contributed by atoms with Crippen LogP contribution < -0.4 is 15.4 Å². The molecular weight excluding hydrogens is 510 g/mol. The van der Waals surface area contributed by atoms with Crippen molar-refractivity contribution in [2.24, 2.45) is 10.9 Å². The molecule has 0 saturated carbocycles. The Morgan fingerprint density at radius 2 is 1.75 bits per heavy atom. The van der Waals surface area contributed by atoms with Gasteiger partial charge in [0, 0.05) is 25.7 Å². The third kappa shape index (κ3) is 13.0. The number of aliphatic imine (C=N–C) groups is 1. The van der Waals surface area contributed by atoms with Crippen LogP contribution in [0.3, 0.4) is 0 Å². The van der Waals surface area contributed by atoms with E-state index in [0.29, 0.717) is 38.1 Å². The first-order valence-corrected chi connectivity index (χ1v) is 10.9. The summed E-state index contributed by atoms with van der Waals surface area (Å²) in [5.74, 6) is 0.955. The summed E-state index contributed by atoms with van der Waals surface area (Å²) in [6.07, 6.45) is -0.649. The fourth-order valence-electron chi connectivity index (χ4n) is 3.14. The molecule has 3 N–H and O–H groups in total. The van der Waals surface area contributed by atoms with Crippen molar-refractivity contribution in [2.75, 3.05) is 46.0 Å². The predicted octanol–water partition coefficient (Wildman–Crippen LogP) is 1.76. The quantitative estimate of drug-likeness (QED) is 0.247. The van der Waals surface area contributed by atoms with Crippen molar-refractivity contribution in [1.29, 1.82) is 0 Å². The lowest BCUT2D eigenvalue weighted by Gasteiger charge is -2.32. The van der Waals surface area contributed by atoms with Crippen LogP contribution >= 0.6 is 24.0 Å². The Hall–Kier alpha value is -0.340. The zero-order valence-electron chi connectivity index (χ0n) is 16.9. The maximum absolute atomic E-state index is 12.4. The maximum Gasteiger partial charge on any atom is 0.401 e. The molecule has 0 aromatic rings. The number of sulfonamides is 1. The van der Waals surface area contributed by atoms with Gasteiger partial charge in [-0.15, -0.1) is 24.0 Å². The second-order valence-electron chi connectivity index (χ2n) is 7.73. The highest BCUT2D eigenvalue weighted by Gasteiger charge is 2.32. The number of hydrogen-bond acceptors (Lipinski definition) is 4. The van der Waals surface area contributed by atoms with E-state index in [1.165, 1.54) is 4.90 Å². The van der Waals surface area contributed by atoms with Crippen LogP contribution in [-0.2, 0) is 10.0 Å².